The number of hydrogen-bond donors (Lipinski definition) is 1. The Balaban J connectivity index is 2.41. The van der Waals surface area contributed by atoms with Crippen molar-refractivity contribution >= 4 is 0 Å². The molecule has 0 aliphatic carbocycles. The summed E-state index contributed by atoms with van der Waals surface area (Å²) in [6.07, 6.45) is 0.617. The van der Waals surface area contributed by atoms with E-state index in [1.807, 2.05) is 25.1 Å². The van der Waals surface area contributed by atoms with Crippen LogP contribution in [0.5, 0.6) is 0 Å². The lowest BCUT2D eigenvalue weighted by molar-refractivity contribution is 0.0681. The molecular weight excluding hydrogens is 150 g/mol. The van der Waals surface area contributed by atoms with Gasteiger partial charge in [0.1, 0.15) is 6.23 Å². The maximum absolute atomic E-state index is 5.69. The van der Waals surface area contributed by atoms with Crippen molar-refractivity contribution in [2.75, 3.05) is 6.61 Å². The maximum Gasteiger partial charge on any atom is 0.109 e. The smallest absolute Gasteiger partial charge is 0.109 e. The second-order valence-corrected chi connectivity index (χ2v) is 2.68. The van der Waals surface area contributed by atoms with Crippen LogP contribution in [0, 0.1) is 0 Å². The molecule has 0 saturated heterocycles. The summed E-state index contributed by atoms with van der Waals surface area (Å²) >= 11 is 0. The minimum Gasteiger partial charge on any atom is -0.364 e. The van der Waals surface area contributed by atoms with Gasteiger partial charge in [0, 0.05) is 13.0 Å². The second-order valence-electron chi connectivity index (χ2n) is 2.68. The van der Waals surface area contributed by atoms with Crippen LogP contribution in [-0.2, 0) is 11.2 Å². The number of benzene rings is 1. The summed E-state index contributed by atoms with van der Waals surface area (Å²) < 4.78 is 5.22. The number of rotatable bonds is 4. The van der Waals surface area contributed by atoms with Crippen molar-refractivity contribution < 1.29 is 4.74 Å². The van der Waals surface area contributed by atoms with Crippen molar-refractivity contribution in [1.29, 1.82) is 0 Å². The monoisotopic (exact) mass is 165 g/mol. The molecule has 0 saturated carbocycles. The highest BCUT2D eigenvalue weighted by atomic mass is 16.5. The van der Waals surface area contributed by atoms with E-state index in [1.54, 1.807) is 0 Å². The quantitative estimate of drug-likeness (QED) is 0.687. The van der Waals surface area contributed by atoms with Gasteiger partial charge in [-0.25, -0.2) is 0 Å². The van der Waals surface area contributed by atoms with Crippen LogP contribution in [-0.4, -0.2) is 12.8 Å². The molecule has 0 spiro atoms. The third-order valence-corrected chi connectivity index (χ3v) is 1.66. The molecule has 1 rings (SSSR count). The van der Waals surface area contributed by atoms with E-state index in [-0.39, 0.29) is 6.23 Å². The van der Waals surface area contributed by atoms with Crippen molar-refractivity contribution in [2.24, 2.45) is 5.73 Å². The summed E-state index contributed by atoms with van der Waals surface area (Å²) in [5, 5.41) is 0. The van der Waals surface area contributed by atoms with Crippen LogP contribution in [0.1, 0.15) is 12.5 Å². The lowest BCUT2D eigenvalue weighted by atomic mass is 10.1. The molecule has 1 aromatic carbocycles. The van der Waals surface area contributed by atoms with Crippen molar-refractivity contribution in [3.8, 4) is 0 Å². The van der Waals surface area contributed by atoms with Crippen molar-refractivity contribution in [2.45, 2.75) is 19.6 Å². The molecule has 0 fully saturated rings. The fraction of sp³-hybridized carbons (Fsp3) is 0.400. The predicted octanol–water partition coefficient (Wildman–Crippen LogP) is 1.55. The van der Waals surface area contributed by atoms with E-state index in [1.165, 1.54) is 5.56 Å². The van der Waals surface area contributed by atoms with Crippen LogP contribution in [0.2, 0.25) is 0 Å². The molecule has 0 radical (unpaired) electrons. The fourth-order valence-electron chi connectivity index (χ4n) is 1.12. The Morgan fingerprint density at radius 3 is 2.58 bits per heavy atom. The normalized spacial score (nSPS) is 12.8. The molecule has 0 aliphatic rings. The highest BCUT2D eigenvalue weighted by molar-refractivity contribution is 5.15. The molecule has 2 nitrogen and oxygen atoms in total. The predicted molar refractivity (Wildman–Crippen MR) is 49.7 cm³/mol. The van der Waals surface area contributed by atoms with Crippen molar-refractivity contribution in [3.63, 3.8) is 0 Å². The van der Waals surface area contributed by atoms with Crippen LogP contribution >= 0.6 is 0 Å². The van der Waals surface area contributed by atoms with Crippen LogP contribution in [0.15, 0.2) is 30.3 Å². The van der Waals surface area contributed by atoms with Gasteiger partial charge in [-0.3, -0.25) is 0 Å². The van der Waals surface area contributed by atoms with Crippen molar-refractivity contribution in [3.05, 3.63) is 35.9 Å². The van der Waals surface area contributed by atoms with Gasteiger partial charge in [-0.05, 0) is 12.5 Å². The van der Waals surface area contributed by atoms with Gasteiger partial charge in [-0.2, -0.15) is 0 Å². The van der Waals surface area contributed by atoms with Crippen LogP contribution in [0.4, 0.5) is 0 Å². The molecular formula is C10H15NO. The molecule has 0 bridgehead atoms. The zero-order valence-electron chi connectivity index (χ0n) is 7.36. The Morgan fingerprint density at radius 1 is 1.33 bits per heavy atom. The van der Waals surface area contributed by atoms with Crippen LogP contribution in [0.25, 0.3) is 0 Å². The Hall–Kier alpha value is -0.860. The molecule has 0 heterocycles. The highest BCUT2D eigenvalue weighted by Crippen LogP contribution is 2.01. The zero-order valence-corrected chi connectivity index (χ0v) is 7.36. The average Bonchev–Trinajstić information content (AvgIpc) is 2.06. The topological polar surface area (TPSA) is 35.2 Å². The number of hydrogen-bond acceptors (Lipinski definition) is 2. The van der Waals surface area contributed by atoms with Gasteiger partial charge in [0.2, 0.25) is 0 Å². The van der Waals surface area contributed by atoms with Gasteiger partial charge in [0.05, 0.1) is 0 Å². The summed E-state index contributed by atoms with van der Waals surface area (Å²) in [6, 6.07) is 10.1. The standard InChI is InChI=1S/C10H15NO/c1-2-12-10(11)8-9-6-4-3-5-7-9/h3-7,10H,2,8,11H2,1H3. The van der Waals surface area contributed by atoms with E-state index in [0.717, 1.165) is 6.42 Å². The van der Waals surface area contributed by atoms with E-state index in [0.29, 0.717) is 6.61 Å². The molecule has 1 unspecified atom stereocenters. The third-order valence-electron chi connectivity index (χ3n) is 1.66. The molecule has 2 heteroatoms. The molecule has 0 aliphatic heterocycles. The maximum atomic E-state index is 5.69. The third kappa shape index (κ3) is 3.03. The van der Waals surface area contributed by atoms with Gasteiger partial charge >= 0.3 is 0 Å². The highest BCUT2D eigenvalue weighted by Gasteiger charge is 2.01. The molecule has 12 heavy (non-hydrogen) atoms. The Bertz CT molecular complexity index is 210. The molecule has 66 valence electrons. The Morgan fingerprint density at radius 2 is 2.00 bits per heavy atom. The average molecular weight is 165 g/mol. The number of ether oxygens (including phenoxy) is 1. The van der Waals surface area contributed by atoms with Gasteiger partial charge in [-0.1, -0.05) is 30.3 Å². The summed E-state index contributed by atoms with van der Waals surface area (Å²) in [7, 11) is 0. The lowest BCUT2D eigenvalue weighted by Gasteiger charge is -2.10. The molecule has 0 aromatic heterocycles. The van der Waals surface area contributed by atoms with E-state index < -0.39 is 0 Å². The largest absolute Gasteiger partial charge is 0.364 e. The Labute approximate surface area is 73.3 Å². The molecule has 1 atom stereocenters. The second kappa shape index (κ2) is 4.91. The van der Waals surface area contributed by atoms with Crippen molar-refractivity contribution in [1.82, 2.24) is 0 Å². The SMILES string of the molecule is CCOC(N)Cc1ccccc1. The first kappa shape index (κ1) is 9.23. The van der Waals surface area contributed by atoms with Gasteiger partial charge in [-0.15, -0.1) is 0 Å². The fourth-order valence-corrected chi connectivity index (χ4v) is 1.12. The van der Waals surface area contributed by atoms with Gasteiger partial charge in [0.15, 0.2) is 0 Å². The minimum atomic E-state index is -0.169. The number of nitrogens with two attached hydrogens (primary N) is 1. The summed E-state index contributed by atoms with van der Waals surface area (Å²) in [5.41, 5.74) is 6.91. The van der Waals surface area contributed by atoms with Crippen LogP contribution < -0.4 is 5.73 Å². The summed E-state index contributed by atoms with van der Waals surface area (Å²) in [6.45, 7) is 2.62. The minimum absolute atomic E-state index is 0.169. The summed E-state index contributed by atoms with van der Waals surface area (Å²) in [5.74, 6) is 0. The lowest BCUT2D eigenvalue weighted by Crippen LogP contribution is -2.26. The summed E-state index contributed by atoms with van der Waals surface area (Å²) in [4.78, 5) is 0. The molecule has 0 amide bonds. The van der Waals surface area contributed by atoms with Crippen LogP contribution in [0.3, 0.4) is 0 Å². The Kier molecular flexibility index (Phi) is 3.77. The van der Waals surface area contributed by atoms with Gasteiger partial charge in [0.25, 0.3) is 0 Å². The van der Waals surface area contributed by atoms with E-state index >= 15 is 0 Å². The zero-order chi connectivity index (χ0) is 8.81. The first-order valence-corrected chi connectivity index (χ1v) is 4.24. The first-order chi connectivity index (χ1) is 5.83. The van der Waals surface area contributed by atoms with Gasteiger partial charge < -0.3 is 10.5 Å². The molecule has 1 aromatic rings. The van der Waals surface area contributed by atoms with E-state index in [2.05, 4.69) is 12.1 Å². The molecule has 2 N–H and O–H groups in total. The first-order valence-electron chi connectivity index (χ1n) is 4.24. The van der Waals surface area contributed by atoms with E-state index in [9.17, 15) is 0 Å². The van der Waals surface area contributed by atoms with E-state index in [4.69, 9.17) is 10.5 Å².